The fraction of sp³-hybridized carbons (Fsp3) is 0.667. The van der Waals surface area contributed by atoms with Gasteiger partial charge in [0.1, 0.15) is 0 Å². The zero-order chi connectivity index (χ0) is 13.8. The average Bonchev–Trinajstić information content (AvgIpc) is 2.43. The van der Waals surface area contributed by atoms with Crippen LogP contribution in [0, 0.1) is 0 Å². The van der Waals surface area contributed by atoms with Crippen LogP contribution in [-0.4, -0.2) is 0 Å². The second-order valence-corrected chi connectivity index (χ2v) is 5.58. The van der Waals surface area contributed by atoms with E-state index in [1.807, 2.05) is 12.1 Å². The highest BCUT2D eigenvalue weighted by molar-refractivity contribution is 5.25. The molecule has 0 saturated heterocycles. The van der Waals surface area contributed by atoms with Gasteiger partial charge in [-0.15, -0.1) is 0 Å². The molecule has 0 fully saturated rings. The quantitative estimate of drug-likeness (QED) is 0.417. The van der Waals surface area contributed by atoms with Gasteiger partial charge in [0.2, 0.25) is 0 Å². The first kappa shape index (κ1) is 16.1. The van der Waals surface area contributed by atoms with E-state index in [-0.39, 0.29) is 5.75 Å². The molecule has 1 rings (SSSR count). The van der Waals surface area contributed by atoms with E-state index in [9.17, 15) is 5.11 Å². The van der Waals surface area contributed by atoms with Crippen LogP contribution in [-0.2, 0) is 11.5 Å². The monoisotopic (exact) mass is 261 g/mol. The van der Waals surface area contributed by atoms with Gasteiger partial charge in [0.05, 0.1) is 0 Å². The molecular weight excluding hydrogens is 232 g/mol. The number of rotatable bonds is 11. The van der Waals surface area contributed by atoms with E-state index >= 15 is 0 Å². The molecule has 1 aromatic rings. The molecule has 0 aliphatic carbocycles. The minimum absolute atomic E-state index is 0.117. The Labute approximate surface area is 119 Å². The Balaban J connectivity index is 1.87. The van der Waals surface area contributed by atoms with Gasteiger partial charge in [-0.2, -0.15) is 0 Å². The first-order valence-electron chi connectivity index (χ1n) is 8.09. The van der Waals surface area contributed by atoms with Crippen LogP contribution in [0.4, 0.5) is 0 Å². The molecule has 0 heterocycles. The zero-order valence-electron chi connectivity index (χ0n) is 12.5. The molecule has 0 N–H and O–H groups in total. The summed E-state index contributed by atoms with van der Waals surface area (Å²) in [6.45, 7) is 2.27. The second kappa shape index (κ2) is 10.9. The van der Waals surface area contributed by atoms with E-state index in [1.165, 1.54) is 69.8 Å². The van der Waals surface area contributed by atoms with Gasteiger partial charge in [-0.3, -0.25) is 5.11 Å². The van der Waals surface area contributed by atoms with Gasteiger partial charge in [0.25, 0.3) is 0 Å². The van der Waals surface area contributed by atoms with Crippen molar-refractivity contribution in [3.8, 4) is 5.75 Å². The van der Waals surface area contributed by atoms with Gasteiger partial charge in [-0.05, 0) is 30.5 Å². The Morgan fingerprint density at radius 3 is 1.68 bits per heavy atom. The lowest BCUT2D eigenvalue weighted by molar-refractivity contribution is 0.355. The molecule has 107 valence electrons. The molecule has 19 heavy (non-hydrogen) atoms. The summed E-state index contributed by atoms with van der Waals surface area (Å²) >= 11 is 0. The summed E-state index contributed by atoms with van der Waals surface area (Å²) in [6, 6.07) is 7.28. The van der Waals surface area contributed by atoms with E-state index < -0.39 is 0 Å². The number of hydrogen-bond donors (Lipinski definition) is 0. The highest BCUT2D eigenvalue weighted by atomic mass is 16.3. The molecule has 1 nitrogen and oxygen atoms in total. The number of benzene rings is 1. The molecule has 0 bridgehead atoms. The molecule has 0 aromatic heterocycles. The Bertz CT molecular complexity index is 302. The van der Waals surface area contributed by atoms with Gasteiger partial charge in [0.15, 0.2) is 5.75 Å². The van der Waals surface area contributed by atoms with E-state index in [4.69, 9.17) is 0 Å². The van der Waals surface area contributed by atoms with Crippen LogP contribution in [0.5, 0.6) is 5.75 Å². The van der Waals surface area contributed by atoms with E-state index in [0.29, 0.717) is 0 Å². The lowest BCUT2D eigenvalue weighted by atomic mass is 10.0. The highest BCUT2D eigenvalue weighted by Crippen LogP contribution is 2.14. The van der Waals surface area contributed by atoms with Crippen molar-refractivity contribution in [2.24, 2.45) is 0 Å². The molecule has 1 aromatic carbocycles. The van der Waals surface area contributed by atoms with Crippen LogP contribution < -0.4 is 0 Å². The minimum Gasteiger partial charge on any atom is -0.290 e. The molecule has 0 aliphatic rings. The predicted octanol–water partition coefficient (Wildman–Crippen LogP) is 6.29. The topological polar surface area (TPSA) is 19.9 Å². The van der Waals surface area contributed by atoms with Gasteiger partial charge in [-0.1, -0.05) is 76.8 Å². The van der Waals surface area contributed by atoms with Crippen LogP contribution in [0.3, 0.4) is 0 Å². The smallest absolute Gasteiger partial charge is 0.178 e. The first-order chi connectivity index (χ1) is 9.33. The van der Waals surface area contributed by atoms with Gasteiger partial charge >= 0.3 is 0 Å². The van der Waals surface area contributed by atoms with Gasteiger partial charge in [0, 0.05) is 0 Å². The van der Waals surface area contributed by atoms with E-state index in [0.717, 1.165) is 6.42 Å². The highest BCUT2D eigenvalue weighted by Gasteiger charge is 1.96. The minimum atomic E-state index is 0.117. The number of unbranched alkanes of at least 4 members (excludes halogenated alkanes) is 9. The van der Waals surface area contributed by atoms with Crippen molar-refractivity contribution in [1.82, 2.24) is 0 Å². The Hall–Kier alpha value is -0.980. The van der Waals surface area contributed by atoms with Gasteiger partial charge in [-0.25, -0.2) is 0 Å². The van der Waals surface area contributed by atoms with Crippen molar-refractivity contribution in [1.29, 1.82) is 0 Å². The fourth-order valence-electron chi connectivity index (χ4n) is 2.47. The third kappa shape index (κ3) is 8.69. The number of aryl methyl sites for hydroxylation is 1. The largest absolute Gasteiger partial charge is 0.290 e. The Morgan fingerprint density at radius 1 is 0.684 bits per heavy atom. The van der Waals surface area contributed by atoms with Crippen molar-refractivity contribution < 1.29 is 5.11 Å². The van der Waals surface area contributed by atoms with Crippen LogP contribution in [0.15, 0.2) is 24.3 Å². The van der Waals surface area contributed by atoms with Gasteiger partial charge < -0.3 is 0 Å². The summed E-state index contributed by atoms with van der Waals surface area (Å²) in [5.74, 6) is 0.117. The Morgan fingerprint density at radius 2 is 1.16 bits per heavy atom. The van der Waals surface area contributed by atoms with Crippen molar-refractivity contribution in [3.05, 3.63) is 29.8 Å². The van der Waals surface area contributed by atoms with Crippen LogP contribution in [0.2, 0.25) is 0 Å². The van der Waals surface area contributed by atoms with Crippen molar-refractivity contribution in [2.75, 3.05) is 0 Å². The van der Waals surface area contributed by atoms with E-state index in [1.54, 1.807) is 12.1 Å². The normalized spacial score (nSPS) is 10.8. The van der Waals surface area contributed by atoms with Crippen LogP contribution >= 0.6 is 0 Å². The van der Waals surface area contributed by atoms with Crippen molar-refractivity contribution >= 4 is 0 Å². The number of hydrogen-bond acceptors (Lipinski definition) is 0. The maximum atomic E-state index is 11.0. The molecular formula is C18H29O. The lowest BCUT2D eigenvalue weighted by Crippen LogP contribution is -1.86. The molecule has 0 saturated carbocycles. The molecule has 0 spiro atoms. The molecule has 0 amide bonds. The van der Waals surface area contributed by atoms with Crippen molar-refractivity contribution in [2.45, 2.75) is 77.6 Å². The third-order valence-corrected chi connectivity index (χ3v) is 3.74. The molecule has 1 heteroatoms. The fourth-order valence-corrected chi connectivity index (χ4v) is 2.47. The summed E-state index contributed by atoms with van der Waals surface area (Å²) in [4.78, 5) is 0. The third-order valence-electron chi connectivity index (χ3n) is 3.74. The Kier molecular flexibility index (Phi) is 9.22. The maximum Gasteiger partial charge on any atom is 0.178 e. The standard InChI is InChI=1S/C18H29O/c1-2-3-4-5-6-7-8-9-10-11-12-17-13-15-18(19)16-14-17/h13-16H,2-12H2,1H3. The molecule has 1 radical (unpaired) electrons. The van der Waals surface area contributed by atoms with Crippen LogP contribution in [0.25, 0.3) is 0 Å². The molecule has 0 unspecified atom stereocenters. The van der Waals surface area contributed by atoms with Crippen LogP contribution in [0.1, 0.15) is 76.7 Å². The molecule has 0 atom stereocenters. The maximum absolute atomic E-state index is 11.0. The summed E-state index contributed by atoms with van der Waals surface area (Å²) < 4.78 is 0. The molecule has 0 aliphatic heterocycles. The van der Waals surface area contributed by atoms with E-state index in [2.05, 4.69) is 6.92 Å². The summed E-state index contributed by atoms with van der Waals surface area (Å²) in [7, 11) is 0. The summed E-state index contributed by atoms with van der Waals surface area (Å²) in [5, 5.41) is 11.0. The predicted molar refractivity (Wildman–Crippen MR) is 82.1 cm³/mol. The SMILES string of the molecule is CCCCCCCCCCCCc1ccc([O])cc1. The zero-order valence-corrected chi connectivity index (χ0v) is 12.5. The average molecular weight is 261 g/mol. The summed E-state index contributed by atoms with van der Waals surface area (Å²) in [5.41, 5.74) is 1.30. The summed E-state index contributed by atoms with van der Waals surface area (Å²) in [6.07, 6.45) is 14.9. The lowest BCUT2D eigenvalue weighted by Gasteiger charge is -2.03. The van der Waals surface area contributed by atoms with Crippen molar-refractivity contribution in [3.63, 3.8) is 0 Å². The first-order valence-corrected chi connectivity index (χ1v) is 8.09. The second-order valence-electron chi connectivity index (χ2n) is 5.58.